The Hall–Kier alpha value is -1.35. The molecule has 0 saturated heterocycles. The monoisotopic (exact) mass is 235 g/mol. The fourth-order valence-electron chi connectivity index (χ4n) is 1.68. The van der Waals surface area contributed by atoms with Crippen molar-refractivity contribution < 1.29 is 9.90 Å². The maximum Gasteiger partial charge on any atom is 0.307 e. The molecule has 0 spiro atoms. The van der Waals surface area contributed by atoms with Crippen molar-refractivity contribution in [2.24, 2.45) is 5.92 Å². The maximum atomic E-state index is 10.7. The molecule has 3 heteroatoms. The molecule has 94 valence electrons. The van der Waals surface area contributed by atoms with E-state index in [2.05, 4.69) is 19.2 Å². The lowest BCUT2D eigenvalue weighted by Crippen LogP contribution is -2.17. The fraction of sp³-hybridized carbons (Fsp3) is 0.500. The highest BCUT2D eigenvalue weighted by atomic mass is 16.4. The number of nitrogens with one attached hydrogen (secondary N) is 1. The van der Waals surface area contributed by atoms with Crippen LogP contribution in [0.4, 0.5) is 0 Å². The predicted octanol–water partition coefficient (Wildman–Crippen LogP) is 2.45. The average molecular weight is 235 g/mol. The maximum absolute atomic E-state index is 10.7. The molecular formula is C14H21NO2. The van der Waals surface area contributed by atoms with Crippen molar-refractivity contribution in [1.82, 2.24) is 5.32 Å². The summed E-state index contributed by atoms with van der Waals surface area (Å²) >= 11 is 0. The van der Waals surface area contributed by atoms with Crippen molar-refractivity contribution in [3.8, 4) is 0 Å². The third-order valence-electron chi connectivity index (χ3n) is 2.67. The molecule has 1 aromatic carbocycles. The van der Waals surface area contributed by atoms with Crippen LogP contribution in [0, 0.1) is 5.92 Å². The molecule has 17 heavy (non-hydrogen) atoms. The fourth-order valence-corrected chi connectivity index (χ4v) is 1.68. The lowest BCUT2D eigenvalue weighted by atomic mass is 10.0. The molecule has 1 rings (SSSR count). The zero-order chi connectivity index (χ0) is 12.7. The van der Waals surface area contributed by atoms with Crippen molar-refractivity contribution in [2.75, 3.05) is 6.54 Å². The van der Waals surface area contributed by atoms with Crippen LogP contribution in [0.3, 0.4) is 0 Å². The van der Waals surface area contributed by atoms with Gasteiger partial charge in [0.15, 0.2) is 0 Å². The normalized spacial score (nSPS) is 10.8. The molecule has 0 aliphatic rings. The van der Waals surface area contributed by atoms with Crippen LogP contribution in [0.25, 0.3) is 0 Å². The summed E-state index contributed by atoms with van der Waals surface area (Å²) in [5, 5.41) is 12.2. The number of carboxylic acids is 1. The van der Waals surface area contributed by atoms with Gasteiger partial charge in [-0.15, -0.1) is 0 Å². The van der Waals surface area contributed by atoms with Crippen molar-refractivity contribution in [2.45, 2.75) is 33.2 Å². The van der Waals surface area contributed by atoms with Crippen molar-refractivity contribution >= 4 is 5.97 Å². The molecule has 1 aromatic rings. The predicted molar refractivity (Wildman–Crippen MR) is 68.9 cm³/mol. The van der Waals surface area contributed by atoms with Gasteiger partial charge in [-0.2, -0.15) is 0 Å². The van der Waals surface area contributed by atoms with Crippen LogP contribution in [0.2, 0.25) is 0 Å². The Morgan fingerprint density at radius 3 is 2.53 bits per heavy atom. The quantitative estimate of drug-likeness (QED) is 0.714. The minimum atomic E-state index is -0.778. The average Bonchev–Trinajstić information content (AvgIpc) is 2.25. The van der Waals surface area contributed by atoms with Gasteiger partial charge in [0.1, 0.15) is 0 Å². The van der Waals surface area contributed by atoms with Crippen LogP contribution in [0.1, 0.15) is 31.4 Å². The zero-order valence-electron chi connectivity index (χ0n) is 10.6. The Kier molecular flexibility index (Phi) is 5.70. The van der Waals surface area contributed by atoms with E-state index in [4.69, 9.17) is 5.11 Å². The van der Waals surface area contributed by atoms with Crippen LogP contribution in [-0.2, 0) is 17.8 Å². The van der Waals surface area contributed by atoms with Gasteiger partial charge in [-0.1, -0.05) is 38.1 Å². The topological polar surface area (TPSA) is 49.3 Å². The van der Waals surface area contributed by atoms with E-state index in [0.29, 0.717) is 5.92 Å². The number of benzene rings is 1. The second kappa shape index (κ2) is 7.07. The Balaban J connectivity index is 2.49. The van der Waals surface area contributed by atoms with E-state index in [1.165, 1.54) is 0 Å². The van der Waals surface area contributed by atoms with Crippen molar-refractivity contribution in [3.05, 3.63) is 35.4 Å². The number of hydrogen-bond donors (Lipinski definition) is 2. The van der Waals surface area contributed by atoms with E-state index in [-0.39, 0.29) is 6.42 Å². The number of aliphatic carboxylic acids is 1. The van der Waals surface area contributed by atoms with Gasteiger partial charge < -0.3 is 10.4 Å². The number of hydrogen-bond acceptors (Lipinski definition) is 2. The molecule has 0 bridgehead atoms. The Morgan fingerprint density at radius 1 is 1.29 bits per heavy atom. The van der Waals surface area contributed by atoms with Gasteiger partial charge >= 0.3 is 5.97 Å². The second-order valence-corrected chi connectivity index (χ2v) is 4.70. The van der Waals surface area contributed by atoms with Gasteiger partial charge in [0.2, 0.25) is 0 Å². The number of carbonyl (C=O) groups is 1. The summed E-state index contributed by atoms with van der Waals surface area (Å²) in [5.41, 5.74) is 1.98. The van der Waals surface area contributed by atoms with Crippen LogP contribution < -0.4 is 5.32 Å². The Bertz CT molecular complexity index is 361. The van der Waals surface area contributed by atoms with E-state index in [1.807, 2.05) is 24.3 Å². The second-order valence-electron chi connectivity index (χ2n) is 4.70. The molecule has 2 N–H and O–H groups in total. The summed E-state index contributed by atoms with van der Waals surface area (Å²) in [4.78, 5) is 10.7. The van der Waals surface area contributed by atoms with Crippen LogP contribution in [0.15, 0.2) is 24.3 Å². The smallest absolute Gasteiger partial charge is 0.307 e. The van der Waals surface area contributed by atoms with Crippen LogP contribution >= 0.6 is 0 Å². The third kappa shape index (κ3) is 5.50. The molecule has 0 unspecified atom stereocenters. The highest BCUT2D eigenvalue weighted by Crippen LogP contribution is 2.09. The minimum absolute atomic E-state index is 0.0992. The molecule has 0 fully saturated rings. The number of carboxylic acid groups (broad SMARTS) is 1. The molecule has 0 aromatic heterocycles. The van der Waals surface area contributed by atoms with Gasteiger partial charge in [0, 0.05) is 6.54 Å². The largest absolute Gasteiger partial charge is 0.481 e. The van der Waals surface area contributed by atoms with E-state index in [1.54, 1.807) is 0 Å². The summed E-state index contributed by atoms with van der Waals surface area (Å²) in [6, 6.07) is 7.70. The minimum Gasteiger partial charge on any atom is -0.481 e. The molecule has 0 saturated carbocycles. The molecule has 0 atom stereocenters. The van der Waals surface area contributed by atoms with Gasteiger partial charge in [-0.3, -0.25) is 4.79 Å². The summed E-state index contributed by atoms with van der Waals surface area (Å²) in [6.07, 6.45) is 1.24. The highest BCUT2D eigenvalue weighted by Gasteiger charge is 2.05. The van der Waals surface area contributed by atoms with Crippen LogP contribution in [-0.4, -0.2) is 17.6 Å². The van der Waals surface area contributed by atoms with Crippen molar-refractivity contribution in [3.63, 3.8) is 0 Å². The first-order chi connectivity index (χ1) is 8.09. The summed E-state index contributed by atoms with van der Waals surface area (Å²) in [5.74, 6) is -0.0867. The van der Waals surface area contributed by atoms with E-state index in [9.17, 15) is 4.79 Å². The lowest BCUT2D eigenvalue weighted by Gasteiger charge is -2.10. The number of rotatable bonds is 7. The van der Waals surface area contributed by atoms with Gasteiger partial charge in [-0.25, -0.2) is 0 Å². The zero-order valence-corrected chi connectivity index (χ0v) is 10.6. The molecule has 0 heterocycles. The summed E-state index contributed by atoms with van der Waals surface area (Å²) in [7, 11) is 0. The Labute approximate surface area is 103 Å². The third-order valence-corrected chi connectivity index (χ3v) is 2.67. The highest BCUT2D eigenvalue weighted by molar-refractivity contribution is 5.70. The molecule has 3 nitrogen and oxygen atoms in total. The first-order valence-corrected chi connectivity index (χ1v) is 6.09. The molecular weight excluding hydrogens is 214 g/mol. The van der Waals surface area contributed by atoms with Gasteiger partial charge in [-0.05, 0) is 30.0 Å². The van der Waals surface area contributed by atoms with E-state index < -0.39 is 5.97 Å². The van der Waals surface area contributed by atoms with Crippen molar-refractivity contribution in [1.29, 1.82) is 0 Å². The molecule has 0 radical (unpaired) electrons. The van der Waals surface area contributed by atoms with Gasteiger partial charge in [0.05, 0.1) is 6.42 Å². The molecule has 0 aliphatic heterocycles. The molecule has 0 amide bonds. The molecule has 0 aliphatic carbocycles. The van der Waals surface area contributed by atoms with Crippen LogP contribution in [0.5, 0.6) is 0 Å². The lowest BCUT2D eigenvalue weighted by molar-refractivity contribution is -0.136. The summed E-state index contributed by atoms with van der Waals surface area (Å²) in [6.45, 7) is 6.11. The standard InChI is InChI=1S/C14H21NO2/c1-11(2)7-8-15-10-13-6-4-3-5-12(13)9-14(16)17/h3-6,11,15H,7-10H2,1-2H3,(H,16,17). The Morgan fingerprint density at radius 2 is 1.94 bits per heavy atom. The summed E-state index contributed by atoms with van der Waals surface area (Å²) < 4.78 is 0. The SMILES string of the molecule is CC(C)CCNCc1ccccc1CC(=O)O. The first-order valence-electron chi connectivity index (χ1n) is 6.09. The van der Waals surface area contributed by atoms with Gasteiger partial charge in [0.25, 0.3) is 0 Å². The first kappa shape index (κ1) is 13.7. The van der Waals surface area contributed by atoms with E-state index in [0.717, 1.165) is 30.6 Å². The van der Waals surface area contributed by atoms with E-state index >= 15 is 0 Å².